The quantitative estimate of drug-likeness (QED) is 0.375. The summed E-state index contributed by atoms with van der Waals surface area (Å²) in [7, 11) is 0. The minimum absolute atomic E-state index is 0.292. The number of carbonyl (C=O) groups is 3. The van der Waals surface area contributed by atoms with E-state index in [-0.39, 0.29) is 0 Å². The zero-order valence-electron chi connectivity index (χ0n) is 12.0. The van der Waals surface area contributed by atoms with Crippen LogP contribution >= 0.6 is 0 Å². The Hall–Kier alpha value is -1.85. The molecule has 0 amide bonds. The van der Waals surface area contributed by atoms with E-state index in [4.69, 9.17) is 14.6 Å². The van der Waals surface area contributed by atoms with Gasteiger partial charge in [-0.15, -0.1) is 0 Å². The predicted octanol–water partition coefficient (Wildman–Crippen LogP) is 2.07. The summed E-state index contributed by atoms with van der Waals surface area (Å²) in [4.78, 5) is 33.4. The maximum atomic E-state index is 11.8. The van der Waals surface area contributed by atoms with Crippen LogP contribution in [0.25, 0.3) is 0 Å². The fraction of sp³-hybridized carbons (Fsp3) is 0.643. The summed E-state index contributed by atoms with van der Waals surface area (Å²) in [5.41, 5.74) is 0. The fourth-order valence-corrected chi connectivity index (χ4v) is 1.34. The largest absolute Gasteiger partial charge is 0.478 e. The first kappa shape index (κ1) is 18.1. The van der Waals surface area contributed by atoms with Gasteiger partial charge in [0.05, 0.1) is 6.61 Å². The Morgan fingerprint density at radius 3 is 2.30 bits per heavy atom. The van der Waals surface area contributed by atoms with Crippen molar-refractivity contribution in [1.29, 1.82) is 0 Å². The number of carbonyl (C=O) groups excluding carboxylic acids is 2. The molecule has 0 spiro atoms. The van der Waals surface area contributed by atoms with Crippen molar-refractivity contribution in [3.8, 4) is 0 Å². The molecule has 114 valence electrons. The highest BCUT2D eigenvalue weighted by molar-refractivity contribution is 5.92. The van der Waals surface area contributed by atoms with Crippen LogP contribution in [0.3, 0.4) is 0 Å². The minimum atomic E-state index is -1.25. The zero-order chi connectivity index (χ0) is 15.4. The minimum Gasteiger partial charge on any atom is -0.478 e. The molecule has 1 atom stereocenters. The summed E-state index contributed by atoms with van der Waals surface area (Å²) >= 11 is 0. The summed E-state index contributed by atoms with van der Waals surface area (Å²) in [5.74, 6) is -2.69. The summed E-state index contributed by atoms with van der Waals surface area (Å²) in [6.45, 7) is 4.21. The predicted molar refractivity (Wildman–Crippen MR) is 72.0 cm³/mol. The van der Waals surface area contributed by atoms with Gasteiger partial charge in [0.1, 0.15) is 0 Å². The second-order valence-electron chi connectivity index (χ2n) is 4.26. The third-order valence-corrected chi connectivity index (χ3v) is 2.45. The molecule has 0 aromatic heterocycles. The monoisotopic (exact) mass is 286 g/mol. The van der Waals surface area contributed by atoms with Crippen molar-refractivity contribution in [3.63, 3.8) is 0 Å². The lowest BCUT2D eigenvalue weighted by molar-refractivity contribution is -0.165. The van der Waals surface area contributed by atoms with Crippen molar-refractivity contribution < 1.29 is 29.0 Å². The van der Waals surface area contributed by atoms with E-state index in [0.29, 0.717) is 25.5 Å². The first-order chi connectivity index (χ1) is 9.51. The van der Waals surface area contributed by atoms with Crippen LogP contribution < -0.4 is 0 Å². The molecule has 0 aromatic rings. The molecule has 0 radical (unpaired) electrons. The van der Waals surface area contributed by atoms with Crippen molar-refractivity contribution in [2.45, 2.75) is 52.1 Å². The summed E-state index contributed by atoms with van der Waals surface area (Å²) in [6, 6.07) is 0. The smallest absolute Gasteiger partial charge is 0.347 e. The molecule has 0 rings (SSSR count). The molecule has 0 saturated heterocycles. The molecule has 0 aliphatic heterocycles. The van der Waals surface area contributed by atoms with E-state index < -0.39 is 24.0 Å². The fourth-order valence-electron chi connectivity index (χ4n) is 1.34. The van der Waals surface area contributed by atoms with Gasteiger partial charge < -0.3 is 14.6 Å². The van der Waals surface area contributed by atoms with Gasteiger partial charge in [-0.3, -0.25) is 0 Å². The lowest BCUT2D eigenvalue weighted by Gasteiger charge is -2.15. The zero-order valence-corrected chi connectivity index (χ0v) is 12.0. The molecule has 0 aliphatic rings. The Balaban J connectivity index is 4.42. The number of esters is 2. The van der Waals surface area contributed by atoms with Crippen LogP contribution in [-0.2, 0) is 23.9 Å². The van der Waals surface area contributed by atoms with Gasteiger partial charge in [-0.05, 0) is 19.3 Å². The summed E-state index contributed by atoms with van der Waals surface area (Å²) < 4.78 is 9.94. The van der Waals surface area contributed by atoms with Crippen molar-refractivity contribution in [3.05, 3.63) is 12.2 Å². The third kappa shape index (κ3) is 9.13. The maximum Gasteiger partial charge on any atom is 0.347 e. The van der Waals surface area contributed by atoms with Crippen LogP contribution in [0.5, 0.6) is 0 Å². The second kappa shape index (κ2) is 11.0. The van der Waals surface area contributed by atoms with E-state index in [9.17, 15) is 14.4 Å². The van der Waals surface area contributed by atoms with Crippen LogP contribution in [0.2, 0.25) is 0 Å². The van der Waals surface area contributed by atoms with E-state index in [1.807, 2.05) is 13.8 Å². The molecule has 0 bridgehead atoms. The molecule has 0 saturated carbocycles. The van der Waals surface area contributed by atoms with Crippen LogP contribution in [0, 0.1) is 0 Å². The number of aliphatic carboxylic acids is 1. The van der Waals surface area contributed by atoms with Crippen molar-refractivity contribution >= 4 is 17.9 Å². The van der Waals surface area contributed by atoms with Gasteiger partial charge in [0.2, 0.25) is 0 Å². The van der Waals surface area contributed by atoms with Gasteiger partial charge >= 0.3 is 17.9 Å². The van der Waals surface area contributed by atoms with Crippen LogP contribution in [-0.4, -0.2) is 35.7 Å². The number of carboxylic acid groups (broad SMARTS) is 1. The highest BCUT2D eigenvalue weighted by Gasteiger charge is 2.23. The highest BCUT2D eigenvalue weighted by Crippen LogP contribution is 2.08. The average Bonchev–Trinajstić information content (AvgIpc) is 2.41. The second-order valence-corrected chi connectivity index (χ2v) is 4.26. The van der Waals surface area contributed by atoms with E-state index in [1.54, 1.807) is 0 Å². The number of rotatable bonds is 10. The lowest BCUT2D eigenvalue weighted by atomic mass is 10.1. The lowest BCUT2D eigenvalue weighted by Crippen LogP contribution is -2.29. The molecular weight excluding hydrogens is 264 g/mol. The van der Waals surface area contributed by atoms with Gasteiger partial charge in [0.25, 0.3) is 0 Å². The van der Waals surface area contributed by atoms with Crippen molar-refractivity contribution in [2.75, 3.05) is 6.61 Å². The Bertz CT molecular complexity index is 348. The molecule has 1 unspecified atom stereocenters. The van der Waals surface area contributed by atoms with Gasteiger partial charge in [0.15, 0.2) is 6.10 Å². The molecule has 0 aliphatic carbocycles. The molecule has 0 heterocycles. The van der Waals surface area contributed by atoms with Gasteiger partial charge in [-0.2, -0.15) is 0 Å². The third-order valence-electron chi connectivity index (χ3n) is 2.45. The molecule has 0 fully saturated rings. The number of hydrogen-bond donors (Lipinski definition) is 1. The van der Waals surface area contributed by atoms with E-state index in [1.165, 1.54) is 0 Å². The van der Waals surface area contributed by atoms with Gasteiger partial charge in [-0.25, -0.2) is 14.4 Å². The first-order valence-electron chi connectivity index (χ1n) is 6.79. The van der Waals surface area contributed by atoms with Gasteiger partial charge in [-0.1, -0.05) is 26.7 Å². The molecule has 20 heavy (non-hydrogen) atoms. The molecule has 1 N–H and O–H groups in total. The Kier molecular flexibility index (Phi) is 10.00. The van der Waals surface area contributed by atoms with E-state index in [2.05, 4.69) is 0 Å². The van der Waals surface area contributed by atoms with Crippen LogP contribution in [0.1, 0.15) is 46.0 Å². The topological polar surface area (TPSA) is 89.9 Å². The number of carboxylic acids is 1. The summed E-state index contributed by atoms with van der Waals surface area (Å²) in [5, 5.41) is 8.40. The van der Waals surface area contributed by atoms with Crippen LogP contribution in [0.15, 0.2) is 12.2 Å². The Morgan fingerprint density at radius 2 is 1.75 bits per heavy atom. The normalized spacial score (nSPS) is 12.1. The average molecular weight is 286 g/mol. The van der Waals surface area contributed by atoms with Crippen LogP contribution in [0.4, 0.5) is 0 Å². The van der Waals surface area contributed by atoms with E-state index >= 15 is 0 Å². The molecule has 6 nitrogen and oxygen atoms in total. The molecular formula is C14H22O6. The number of ether oxygens (including phenoxy) is 2. The number of unbranched alkanes of at least 4 members (excludes halogenated alkanes) is 2. The number of hydrogen-bond acceptors (Lipinski definition) is 5. The molecule has 0 aromatic carbocycles. The van der Waals surface area contributed by atoms with Crippen molar-refractivity contribution in [1.82, 2.24) is 0 Å². The Labute approximate surface area is 118 Å². The Morgan fingerprint density at radius 1 is 1.10 bits per heavy atom. The SMILES string of the molecule is CCCCOC(=O)C(CCCC)OC(=O)/C=C/C(=O)O. The van der Waals surface area contributed by atoms with E-state index in [0.717, 1.165) is 25.3 Å². The standard InChI is InChI=1S/C14H22O6/c1-3-5-7-11(14(18)19-10-6-4-2)20-13(17)9-8-12(15)16/h8-9,11H,3-7,10H2,1-2H3,(H,15,16)/b9-8+. The van der Waals surface area contributed by atoms with Gasteiger partial charge in [0, 0.05) is 12.2 Å². The summed E-state index contributed by atoms with van der Waals surface area (Å²) in [6.07, 6.45) is 4.05. The van der Waals surface area contributed by atoms with Crippen molar-refractivity contribution in [2.24, 2.45) is 0 Å². The molecule has 6 heteroatoms. The maximum absolute atomic E-state index is 11.8. The highest BCUT2D eigenvalue weighted by atomic mass is 16.6. The first-order valence-corrected chi connectivity index (χ1v) is 6.79.